The molecule has 1 fully saturated rings. The minimum Gasteiger partial charge on any atom is -0.333 e. The van der Waals surface area contributed by atoms with Crippen molar-refractivity contribution in [3.05, 3.63) is 45.4 Å². The van der Waals surface area contributed by atoms with Gasteiger partial charge >= 0.3 is 0 Å². The second-order valence-electron chi connectivity index (χ2n) is 7.01. The summed E-state index contributed by atoms with van der Waals surface area (Å²) < 4.78 is 28.3. The zero-order chi connectivity index (χ0) is 23.0. The van der Waals surface area contributed by atoms with E-state index in [4.69, 9.17) is 16.4 Å². The normalized spacial score (nSPS) is 15.5. The Kier molecular flexibility index (Phi) is 6.52. The van der Waals surface area contributed by atoms with E-state index < -0.39 is 10.0 Å². The second-order valence-corrected chi connectivity index (χ2v) is 11.6. The summed E-state index contributed by atoms with van der Waals surface area (Å²) in [6, 6.07) is 6.81. The number of hydrogen-bond donors (Lipinski definition) is 0. The molecular weight excluding hydrogens is 496 g/mol. The number of sulfonamides is 1. The van der Waals surface area contributed by atoms with Gasteiger partial charge in [0.1, 0.15) is 14.9 Å². The summed E-state index contributed by atoms with van der Waals surface area (Å²) in [5, 5.41) is 4.58. The molecule has 0 bridgehead atoms. The van der Waals surface area contributed by atoms with E-state index in [-0.39, 0.29) is 47.9 Å². The Labute approximate surface area is 197 Å². The number of fused-ring (bicyclic) bond motifs is 1. The van der Waals surface area contributed by atoms with Crippen LogP contribution in [0.3, 0.4) is 0 Å². The molecule has 1 aromatic carbocycles. The van der Waals surface area contributed by atoms with Crippen LogP contribution in [0.2, 0.25) is 5.02 Å². The van der Waals surface area contributed by atoms with Crippen molar-refractivity contribution in [1.82, 2.24) is 19.3 Å². The van der Waals surface area contributed by atoms with Crippen molar-refractivity contribution in [2.24, 2.45) is 0 Å². The molecule has 0 saturated carbocycles. The summed E-state index contributed by atoms with van der Waals surface area (Å²) in [6.45, 7) is 0.367. The highest BCUT2D eigenvalue weighted by atomic mass is 35.5. The predicted molar refractivity (Wildman–Crippen MR) is 122 cm³/mol. The predicted octanol–water partition coefficient (Wildman–Crippen LogP) is 2.68. The lowest BCUT2D eigenvalue weighted by atomic mass is 10.3. The van der Waals surface area contributed by atoms with Crippen LogP contribution < -0.4 is 0 Å². The van der Waals surface area contributed by atoms with Crippen LogP contribution in [0.5, 0.6) is 0 Å². The molecule has 0 aliphatic carbocycles. The van der Waals surface area contributed by atoms with Gasteiger partial charge in [-0.05, 0) is 23.6 Å². The van der Waals surface area contributed by atoms with Crippen molar-refractivity contribution in [2.75, 3.05) is 33.8 Å². The van der Waals surface area contributed by atoms with Gasteiger partial charge in [-0.15, -0.1) is 22.7 Å². The topological polar surface area (TPSA) is 100 Å². The van der Waals surface area contributed by atoms with Gasteiger partial charge in [-0.1, -0.05) is 17.7 Å². The number of carbonyl (C=O) groups is 2. The molecule has 0 radical (unpaired) electrons. The lowest BCUT2D eigenvalue weighted by Crippen LogP contribution is -2.51. The number of carbonyl (C=O) groups excluding carboxylic acids is 2. The molecule has 0 spiro atoms. The van der Waals surface area contributed by atoms with E-state index >= 15 is 0 Å². The molecule has 4 rings (SSSR count). The molecule has 3 aromatic rings. The maximum absolute atomic E-state index is 13.1. The minimum atomic E-state index is -3.80. The van der Waals surface area contributed by atoms with E-state index in [0.29, 0.717) is 10.0 Å². The molecule has 1 aliphatic rings. The van der Waals surface area contributed by atoms with Crippen LogP contribution in [-0.2, 0) is 26.2 Å². The summed E-state index contributed by atoms with van der Waals surface area (Å²) in [7, 11) is -0.939. The van der Waals surface area contributed by atoms with Crippen molar-refractivity contribution >= 4 is 66.2 Å². The molecule has 3 heterocycles. The van der Waals surface area contributed by atoms with Crippen LogP contribution in [0.15, 0.2) is 33.9 Å². The molecule has 0 unspecified atom stereocenters. The first-order valence-electron chi connectivity index (χ1n) is 9.42. The van der Waals surface area contributed by atoms with E-state index in [2.05, 4.69) is 4.98 Å². The van der Waals surface area contributed by atoms with Crippen molar-refractivity contribution < 1.29 is 22.8 Å². The van der Waals surface area contributed by atoms with Gasteiger partial charge in [-0.2, -0.15) is 4.31 Å². The summed E-state index contributed by atoms with van der Waals surface area (Å²) in [6.07, 6.45) is 0. The SMILES string of the molecule is CON(C)C(=O)c1csc(CN2CCN(S(=O)(=O)c3cc4ccc(Cl)cc4s3)CC2=O)n1. The van der Waals surface area contributed by atoms with Crippen molar-refractivity contribution in [3.8, 4) is 0 Å². The number of thiazole rings is 1. The molecule has 32 heavy (non-hydrogen) atoms. The summed E-state index contributed by atoms with van der Waals surface area (Å²) in [5.74, 6) is -0.706. The number of benzene rings is 1. The maximum Gasteiger partial charge on any atom is 0.296 e. The fraction of sp³-hybridized carbons (Fsp3) is 0.316. The first kappa shape index (κ1) is 23.1. The van der Waals surface area contributed by atoms with Crippen molar-refractivity contribution in [2.45, 2.75) is 10.8 Å². The van der Waals surface area contributed by atoms with Crippen LogP contribution in [0.4, 0.5) is 0 Å². The van der Waals surface area contributed by atoms with E-state index in [1.54, 1.807) is 34.5 Å². The van der Waals surface area contributed by atoms with E-state index in [1.807, 2.05) is 0 Å². The lowest BCUT2D eigenvalue weighted by Gasteiger charge is -2.32. The number of hydrogen-bond acceptors (Lipinski definition) is 8. The van der Waals surface area contributed by atoms with Crippen LogP contribution in [-0.4, -0.2) is 73.3 Å². The van der Waals surface area contributed by atoms with Gasteiger partial charge in [-0.3, -0.25) is 14.4 Å². The molecule has 170 valence electrons. The van der Waals surface area contributed by atoms with Gasteiger partial charge < -0.3 is 4.90 Å². The van der Waals surface area contributed by atoms with E-state index in [1.165, 1.54) is 29.8 Å². The van der Waals surface area contributed by atoms with Gasteiger partial charge in [0.15, 0.2) is 0 Å². The zero-order valence-electron chi connectivity index (χ0n) is 17.1. The van der Waals surface area contributed by atoms with Crippen LogP contribution >= 0.6 is 34.3 Å². The smallest absolute Gasteiger partial charge is 0.296 e. The molecule has 1 aliphatic heterocycles. The van der Waals surface area contributed by atoms with Crippen LogP contribution in [0.1, 0.15) is 15.5 Å². The summed E-state index contributed by atoms with van der Waals surface area (Å²) >= 11 is 8.39. The van der Waals surface area contributed by atoms with Crippen molar-refractivity contribution in [3.63, 3.8) is 0 Å². The van der Waals surface area contributed by atoms with Gasteiger partial charge in [0, 0.05) is 35.2 Å². The number of amides is 2. The number of rotatable bonds is 6. The number of piperazine rings is 1. The molecule has 0 N–H and O–H groups in total. The summed E-state index contributed by atoms with van der Waals surface area (Å²) in [5.41, 5.74) is 0.230. The Hall–Kier alpha value is -2.09. The molecule has 0 atom stereocenters. The first-order valence-corrected chi connectivity index (χ1v) is 12.9. The number of hydroxylamine groups is 2. The summed E-state index contributed by atoms with van der Waals surface area (Å²) in [4.78, 5) is 35.5. The monoisotopic (exact) mass is 514 g/mol. The van der Waals surface area contributed by atoms with Gasteiger partial charge in [-0.25, -0.2) is 18.5 Å². The van der Waals surface area contributed by atoms with Crippen molar-refractivity contribution in [1.29, 1.82) is 0 Å². The van der Waals surface area contributed by atoms with Gasteiger partial charge in [0.2, 0.25) is 5.91 Å². The third-order valence-corrected chi connectivity index (χ3v) is 9.46. The number of thiophene rings is 1. The average Bonchev–Trinajstić information content (AvgIpc) is 3.41. The highest BCUT2D eigenvalue weighted by Gasteiger charge is 2.34. The Morgan fingerprint density at radius 2 is 2.09 bits per heavy atom. The number of nitrogens with zero attached hydrogens (tertiary/aromatic N) is 4. The standard InChI is InChI=1S/C19H19ClN4O5S3/c1-22(29-2)19(26)14-11-30-16(21-14)9-23-5-6-24(10-17(23)25)32(27,28)18-7-12-3-4-13(20)8-15(12)31-18/h3-4,7-8,11H,5-6,9-10H2,1-2H3. The highest BCUT2D eigenvalue weighted by Crippen LogP contribution is 2.33. The fourth-order valence-corrected chi connectivity index (χ4v) is 7.18. The Morgan fingerprint density at radius 1 is 1.31 bits per heavy atom. The Balaban J connectivity index is 1.44. The Morgan fingerprint density at radius 3 is 2.81 bits per heavy atom. The molecule has 2 aromatic heterocycles. The van der Waals surface area contributed by atoms with Gasteiger partial charge in [0.05, 0.1) is 20.2 Å². The third-order valence-electron chi connectivity index (χ3n) is 4.99. The zero-order valence-corrected chi connectivity index (χ0v) is 20.4. The quantitative estimate of drug-likeness (QED) is 0.469. The fourth-order valence-electron chi connectivity index (χ4n) is 3.18. The van der Waals surface area contributed by atoms with Gasteiger partial charge in [0.25, 0.3) is 15.9 Å². The number of aromatic nitrogens is 1. The third kappa shape index (κ3) is 4.51. The highest BCUT2D eigenvalue weighted by molar-refractivity contribution is 7.91. The largest absolute Gasteiger partial charge is 0.333 e. The van der Waals surface area contributed by atoms with E-state index in [0.717, 1.165) is 26.5 Å². The average molecular weight is 515 g/mol. The second kappa shape index (κ2) is 9.04. The molecule has 1 saturated heterocycles. The molecular formula is C19H19ClN4O5S3. The maximum atomic E-state index is 13.1. The van der Waals surface area contributed by atoms with E-state index in [9.17, 15) is 18.0 Å². The number of halogens is 1. The van der Waals surface area contributed by atoms with Crippen LogP contribution in [0, 0.1) is 0 Å². The molecule has 9 nitrogen and oxygen atoms in total. The first-order chi connectivity index (χ1) is 15.2. The lowest BCUT2D eigenvalue weighted by molar-refractivity contribution is -0.134. The van der Waals surface area contributed by atoms with Crippen LogP contribution in [0.25, 0.3) is 10.1 Å². The Bertz CT molecular complexity index is 1290. The molecule has 2 amide bonds. The minimum absolute atomic E-state index is 0.173. The molecule has 13 heteroatoms.